The molecule has 1 saturated heterocycles. The predicted octanol–water partition coefficient (Wildman–Crippen LogP) is 5.17. The quantitative estimate of drug-likeness (QED) is 0.535. The second-order valence-corrected chi connectivity index (χ2v) is 8.22. The maximum atomic E-state index is 10.5. The van der Waals surface area contributed by atoms with Crippen molar-refractivity contribution in [1.82, 2.24) is 0 Å². The zero-order valence-electron chi connectivity index (χ0n) is 15.1. The summed E-state index contributed by atoms with van der Waals surface area (Å²) >= 11 is 0. The molecule has 0 aromatic rings. The van der Waals surface area contributed by atoms with E-state index in [9.17, 15) is 5.11 Å². The normalized spacial score (nSPS) is 39.7. The molecule has 1 N–H and O–H groups in total. The van der Waals surface area contributed by atoms with Crippen molar-refractivity contribution in [1.29, 1.82) is 0 Å². The standard InChI is InChI=1S/C20H34O2/c1-15-8-6-9-16(2)11-12-17(19(3,4)21)14-18-20(5,22-18)13-7-10-15/h9-10,17-18,21H,6-8,11-14H2,1-5H3/b15-10+,16-9+. The number of rotatable bonds is 1. The van der Waals surface area contributed by atoms with Crippen molar-refractivity contribution in [3.05, 3.63) is 23.3 Å². The first-order valence-corrected chi connectivity index (χ1v) is 8.92. The highest BCUT2D eigenvalue weighted by Gasteiger charge is 2.52. The Balaban J connectivity index is 2.08. The van der Waals surface area contributed by atoms with Crippen LogP contribution < -0.4 is 0 Å². The summed E-state index contributed by atoms with van der Waals surface area (Å²) in [6, 6.07) is 0. The number of hydrogen-bond acceptors (Lipinski definition) is 2. The zero-order chi connectivity index (χ0) is 16.4. The van der Waals surface area contributed by atoms with Crippen LogP contribution >= 0.6 is 0 Å². The summed E-state index contributed by atoms with van der Waals surface area (Å²) < 4.78 is 6.01. The third-order valence-corrected chi connectivity index (χ3v) is 5.59. The largest absolute Gasteiger partial charge is 0.390 e. The molecule has 2 heteroatoms. The molecule has 3 atom stereocenters. The molecule has 2 aliphatic rings. The van der Waals surface area contributed by atoms with Gasteiger partial charge in [-0.15, -0.1) is 0 Å². The molecule has 0 amide bonds. The monoisotopic (exact) mass is 306 g/mol. The molecule has 0 spiro atoms. The van der Waals surface area contributed by atoms with E-state index in [-0.39, 0.29) is 5.60 Å². The molecule has 0 radical (unpaired) electrons. The Kier molecular flexibility index (Phi) is 5.55. The number of hydrogen-bond donors (Lipinski definition) is 1. The zero-order valence-corrected chi connectivity index (χ0v) is 15.1. The highest BCUT2D eigenvalue weighted by Crippen LogP contribution is 2.46. The number of ether oxygens (including phenoxy) is 1. The summed E-state index contributed by atoms with van der Waals surface area (Å²) in [6.07, 6.45) is 12.7. The third kappa shape index (κ3) is 4.96. The lowest BCUT2D eigenvalue weighted by molar-refractivity contribution is 0.00635. The number of fused-ring (bicyclic) bond motifs is 1. The van der Waals surface area contributed by atoms with Crippen molar-refractivity contribution in [2.24, 2.45) is 5.92 Å². The van der Waals surface area contributed by atoms with Crippen molar-refractivity contribution in [2.45, 2.75) is 96.9 Å². The van der Waals surface area contributed by atoms with Crippen LogP contribution in [0.15, 0.2) is 23.3 Å². The summed E-state index contributed by atoms with van der Waals surface area (Å²) in [5, 5.41) is 10.5. The first kappa shape index (κ1) is 17.7. The smallest absolute Gasteiger partial charge is 0.0923 e. The summed E-state index contributed by atoms with van der Waals surface area (Å²) in [5.41, 5.74) is 2.37. The van der Waals surface area contributed by atoms with E-state index >= 15 is 0 Å². The van der Waals surface area contributed by atoms with Gasteiger partial charge in [0.05, 0.1) is 17.3 Å². The molecule has 1 aliphatic heterocycles. The fraction of sp³-hybridized carbons (Fsp3) is 0.800. The Morgan fingerprint density at radius 2 is 1.77 bits per heavy atom. The van der Waals surface area contributed by atoms with E-state index in [0.717, 1.165) is 44.9 Å². The molecular weight excluding hydrogens is 272 g/mol. The van der Waals surface area contributed by atoms with Gasteiger partial charge in [-0.1, -0.05) is 23.3 Å². The van der Waals surface area contributed by atoms with E-state index in [0.29, 0.717) is 12.0 Å². The van der Waals surface area contributed by atoms with Crippen molar-refractivity contribution < 1.29 is 9.84 Å². The Bertz CT molecular complexity index is 441. The minimum atomic E-state index is -0.624. The first-order valence-electron chi connectivity index (χ1n) is 8.92. The van der Waals surface area contributed by atoms with Crippen LogP contribution in [0.25, 0.3) is 0 Å². The fourth-order valence-corrected chi connectivity index (χ4v) is 3.58. The molecule has 1 fully saturated rings. The van der Waals surface area contributed by atoms with E-state index in [2.05, 4.69) is 32.9 Å². The molecule has 1 aliphatic carbocycles. The highest BCUT2D eigenvalue weighted by atomic mass is 16.6. The molecule has 126 valence electrons. The highest BCUT2D eigenvalue weighted by molar-refractivity contribution is 5.08. The summed E-state index contributed by atoms with van der Waals surface area (Å²) in [6.45, 7) is 10.6. The number of epoxide rings is 1. The Morgan fingerprint density at radius 1 is 1.14 bits per heavy atom. The molecule has 1 heterocycles. The van der Waals surface area contributed by atoms with Gasteiger partial charge in [0.1, 0.15) is 0 Å². The van der Waals surface area contributed by atoms with Gasteiger partial charge in [0, 0.05) is 0 Å². The summed E-state index contributed by atoms with van der Waals surface area (Å²) in [7, 11) is 0. The Hall–Kier alpha value is -0.600. The van der Waals surface area contributed by atoms with Crippen LogP contribution in [0, 0.1) is 5.92 Å². The summed E-state index contributed by atoms with van der Waals surface area (Å²) in [4.78, 5) is 0. The molecule has 0 bridgehead atoms. The van der Waals surface area contributed by atoms with Gasteiger partial charge < -0.3 is 9.84 Å². The van der Waals surface area contributed by atoms with Crippen LogP contribution in [0.1, 0.15) is 79.6 Å². The molecule has 22 heavy (non-hydrogen) atoms. The van der Waals surface area contributed by atoms with Gasteiger partial charge in [0.2, 0.25) is 0 Å². The number of aliphatic hydroxyl groups is 1. The second-order valence-electron chi connectivity index (χ2n) is 8.22. The third-order valence-electron chi connectivity index (χ3n) is 5.59. The van der Waals surface area contributed by atoms with Crippen molar-refractivity contribution in [2.75, 3.05) is 0 Å². The lowest BCUT2D eigenvalue weighted by Gasteiger charge is -2.29. The van der Waals surface area contributed by atoms with Crippen LogP contribution in [0.2, 0.25) is 0 Å². The van der Waals surface area contributed by atoms with Gasteiger partial charge in [-0.3, -0.25) is 0 Å². The van der Waals surface area contributed by atoms with E-state index < -0.39 is 5.60 Å². The van der Waals surface area contributed by atoms with Gasteiger partial charge in [-0.2, -0.15) is 0 Å². The molecule has 0 aromatic carbocycles. The maximum absolute atomic E-state index is 10.5. The van der Waals surface area contributed by atoms with Gasteiger partial charge >= 0.3 is 0 Å². The lowest BCUT2D eigenvalue weighted by Crippen LogP contribution is -2.32. The second kappa shape index (κ2) is 6.88. The molecule has 2 rings (SSSR count). The molecule has 3 unspecified atom stereocenters. The number of allylic oxidation sites excluding steroid dienone is 4. The average molecular weight is 306 g/mol. The molecular formula is C20H34O2. The van der Waals surface area contributed by atoms with Crippen LogP contribution in [0.5, 0.6) is 0 Å². The molecule has 2 nitrogen and oxygen atoms in total. The summed E-state index contributed by atoms with van der Waals surface area (Å²) in [5.74, 6) is 0.308. The van der Waals surface area contributed by atoms with Crippen molar-refractivity contribution in [3.63, 3.8) is 0 Å². The predicted molar refractivity (Wildman–Crippen MR) is 92.9 cm³/mol. The van der Waals surface area contributed by atoms with E-state index in [1.54, 1.807) is 0 Å². The minimum absolute atomic E-state index is 0.0370. The first-order chi connectivity index (χ1) is 10.2. The van der Waals surface area contributed by atoms with Crippen LogP contribution in [-0.4, -0.2) is 22.4 Å². The molecule has 0 saturated carbocycles. The lowest BCUT2D eigenvalue weighted by atomic mass is 9.80. The van der Waals surface area contributed by atoms with Gasteiger partial charge in [-0.25, -0.2) is 0 Å². The van der Waals surface area contributed by atoms with Crippen LogP contribution in [-0.2, 0) is 4.74 Å². The maximum Gasteiger partial charge on any atom is 0.0923 e. The SMILES string of the molecule is C/C1=C\CCC2(C)OC2CC(C(C)(C)O)CC/C(C)=C/CC1. The Morgan fingerprint density at radius 3 is 2.45 bits per heavy atom. The average Bonchev–Trinajstić information content (AvgIpc) is 3.03. The van der Waals surface area contributed by atoms with E-state index in [1.807, 2.05) is 13.8 Å². The van der Waals surface area contributed by atoms with Crippen molar-refractivity contribution >= 4 is 0 Å². The van der Waals surface area contributed by atoms with Crippen molar-refractivity contribution in [3.8, 4) is 0 Å². The van der Waals surface area contributed by atoms with Gasteiger partial charge in [0.25, 0.3) is 0 Å². The van der Waals surface area contributed by atoms with E-state index in [4.69, 9.17) is 4.74 Å². The molecule has 0 aromatic heterocycles. The van der Waals surface area contributed by atoms with Crippen LogP contribution in [0.4, 0.5) is 0 Å². The fourth-order valence-electron chi connectivity index (χ4n) is 3.58. The topological polar surface area (TPSA) is 32.8 Å². The minimum Gasteiger partial charge on any atom is -0.390 e. The Labute approximate surface area is 136 Å². The van der Waals surface area contributed by atoms with Gasteiger partial charge in [0.15, 0.2) is 0 Å². The van der Waals surface area contributed by atoms with Crippen LogP contribution in [0.3, 0.4) is 0 Å². The van der Waals surface area contributed by atoms with Gasteiger partial charge in [-0.05, 0) is 85.5 Å². The van der Waals surface area contributed by atoms with E-state index in [1.165, 1.54) is 11.1 Å².